The first-order chi connectivity index (χ1) is 8.70. The maximum Gasteiger partial charge on any atom is 0.0565 e. The molecule has 0 spiro atoms. The predicted molar refractivity (Wildman–Crippen MR) is 81.7 cm³/mol. The van der Waals surface area contributed by atoms with Gasteiger partial charge in [0.2, 0.25) is 0 Å². The van der Waals surface area contributed by atoms with E-state index in [2.05, 4.69) is 63.6 Å². The van der Waals surface area contributed by atoms with E-state index in [1.54, 1.807) is 11.3 Å². The summed E-state index contributed by atoms with van der Waals surface area (Å²) in [7, 11) is 2.12. The van der Waals surface area contributed by atoms with E-state index in [9.17, 15) is 0 Å². The zero-order valence-electron chi connectivity index (χ0n) is 10.3. The molecule has 1 unspecified atom stereocenters. The Labute approximate surface area is 121 Å². The van der Waals surface area contributed by atoms with E-state index in [-0.39, 0.29) is 6.04 Å². The molecule has 0 radical (unpaired) electrons. The quantitative estimate of drug-likeness (QED) is 0.909. The number of rotatable bonds is 5. The molecule has 2 nitrogen and oxygen atoms in total. The molecule has 0 fully saturated rings. The highest BCUT2D eigenvalue weighted by Gasteiger charge is 2.17. The molecule has 0 aliphatic carbocycles. The molecule has 0 saturated heterocycles. The molecule has 2 N–H and O–H groups in total. The Morgan fingerprint density at radius 3 is 2.61 bits per heavy atom. The van der Waals surface area contributed by atoms with Gasteiger partial charge in [0, 0.05) is 27.8 Å². The summed E-state index contributed by atoms with van der Waals surface area (Å²) in [4.78, 5) is 3.61. The number of thiophene rings is 1. The SMILES string of the molecule is CN(Cc1ccccc1)C(CN)c1cc(Br)cs1. The maximum atomic E-state index is 5.92. The number of likely N-dealkylation sites (N-methyl/N-ethyl adjacent to an activating group) is 1. The second-order valence-corrected chi connectivity index (χ2v) is 6.18. The molecule has 1 heterocycles. The summed E-state index contributed by atoms with van der Waals surface area (Å²) < 4.78 is 1.13. The topological polar surface area (TPSA) is 29.3 Å². The van der Waals surface area contributed by atoms with Crippen LogP contribution < -0.4 is 5.73 Å². The minimum atomic E-state index is 0.279. The molecule has 0 saturated carbocycles. The number of halogens is 1. The summed E-state index contributed by atoms with van der Waals surface area (Å²) in [5.41, 5.74) is 7.23. The van der Waals surface area contributed by atoms with Crippen molar-refractivity contribution in [3.8, 4) is 0 Å². The molecule has 2 rings (SSSR count). The number of hydrogen-bond donors (Lipinski definition) is 1. The lowest BCUT2D eigenvalue weighted by atomic mass is 10.1. The van der Waals surface area contributed by atoms with Gasteiger partial charge in [-0.05, 0) is 34.6 Å². The van der Waals surface area contributed by atoms with Crippen LogP contribution in [-0.4, -0.2) is 18.5 Å². The average Bonchev–Trinajstić information content (AvgIpc) is 2.78. The highest BCUT2D eigenvalue weighted by Crippen LogP contribution is 2.29. The van der Waals surface area contributed by atoms with E-state index >= 15 is 0 Å². The lowest BCUT2D eigenvalue weighted by Crippen LogP contribution is -2.29. The summed E-state index contributed by atoms with van der Waals surface area (Å²) in [5, 5.41) is 2.11. The summed E-state index contributed by atoms with van der Waals surface area (Å²) in [6.45, 7) is 1.55. The fraction of sp³-hybridized carbons (Fsp3) is 0.286. The van der Waals surface area contributed by atoms with E-state index < -0.39 is 0 Å². The molecule has 2 aromatic rings. The zero-order valence-corrected chi connectivity index (χ0v) is 12.7. The third kappa shape index (κ3) is 3.42. The zero-order chi connectivity index (χ0) is 13.0. The van der Waals surface area contributed by atoms with Crippen LogP contribution in [0.2, 0.25) is 0 Å². The van der Waals surface area contributed by atoms with Crippen molar-refractivity contribution in [1.29, 1.82) is 0 Å². The minimum absolute atomic E-state index is 0.279. The number of nitrogens with two attached hydrogens (primary N) is 1. The summed E-state index contributed by atoms with van der Waals surface area (Å²) in [6, 6.07) is 12.9. The highest BCUT2D eigenvalue weighted by molar-refractivity contribution is 9.10. The van der Waals surface area contributed by atoms with Gasteiger partial charge in [-0.25, -0.2) is 0 Å². The van der Waals surface area contributed by atoms with E-state index in [1.807, 2.05) is 6.07 Å². The van der Waals surface area contributed by atoms with Crippen LogP contribution in [0.25, 0.3) is 0 Å². The monoisotopic (exact) mass is 324 g/mol. The van der Waals surface area contributed by atoms with Crippen LogP contribution in [0.4, 0.5) is 0 Å². The van der Waals surface area contributed by atoms with E-state index in [4.69, 9.17) is 5.73 Å². The lowest BCUT2D eigenvalue weighted by molar-refractivity contribution is 0.245. The van der Waals surface area contributed by atoms with Gasteiger partial charge in [0.1, 0.15) is 0 Å². The Kier molecular flexibility index (Phi) is 4.95. The third-order valence-corrected chi connectivity index (χ3v) is 4.74. The van der Waals surface area contributed by atoms with E-state index in [1.165, 1.54) is 10.4 Å². The fourth-order valence-electron chi connectivity index (χ4n) is 2.00. The van der Waals surface area contributed by atoms with Crippen LogP contribution in [0.3, 0.4) is 0 Å². The second kappa shape index (κ2) is 6.48. The Morgan fingerprint density at radius 2 is 2.06 bits per heavy atom. The van der Waals surface area contributed by atoms with Crippen LogP contribution in [0.5, 0.6) is 0 Å². The molecule has 0 bridgehead atoms. The molecule has 1 atom stereocenters. The second-order valence-electron chi connectivity index (χ2n) is 4.32. The van der Waals surface area contributed by atoms with Crippen molar-refractivity contribution in [3.63, 3.8) is 0 Å². The summed E-state index contributed by atoms with van der Waals surface area (Å²) in [6.07, 6.45) is 0. The van der Waals surface area contributed by atoms with Gasteiger partial charge in [0.25, 0.3) is 0 Å². The minimum Gasteiger partial charge on any atom is -0.329 e. The van der Waals surface area contributed by atoms with Gasteiger partial charge in [0.15, 0.2) is 0 Å². The maximum absolute atomic E-state index is 5.92. The van der Waals surface area contributed by atoms with Crippen LogP contribution >= 0.6 is 27.3 Å². The standard InChI is InChI=1S/C14H17BrN2S/c1-17(9-11-5-3-2-4-6-11)13(8-16)14-7-12(15)10-18-14/h2-7,10,13H,8-9,16H2,1H3. The average molecular weight is 325 g/mol. The number of hydrogen-bond acceptors (Lipinski definition) is 3. The van der Waals surface area contributed by atoms with Crippen molar-refractivity contribution < 1.29 is 0 Å². The first-order valence-corrected chi connectivity index (χ1v) is 7.56. The van der Waals surface area contributed by atoms with Crippen LogP contribution in [0.15, 0.2) is 46.3 Å². The van der Waals surface area contributed by atoms with Crippen molar-refractivity contribution in [2.24, 2.45) is 5.73 Å². The Balaban J connectivity index is 2.08. The van der Waals surface area contributed by atoms with Crippen LogP contribution in [-0.2, 0) is 6.54 Å². The normalized spacial score (nSPS) is 12.9. The van der Waals surface area contributed by atoms with Gasteiger partial charge < -0.3 is 5.73 Å². The van der Waals surface area contributed by atoms with Gasteiger partial charge in [-0.3, -0.25) is 4.90 Å². The first kappa shape index (κ1) is 13.7. The summed E-state index contributed by atoms with van der Waals surface area (Å²) in [5.74, 6) is 0. The van der Waals surface area contributed by atoms with Crippen molar-refractivity contribution in [3.05, 3.63) is 56.7 Å². The van der Waals surface area contributed by atoms with Gasteiger partial charge >= 0.3 is 0 Å². The van der Waals surface area contributed by atoms with Crippen LogP contribution in [0.1, 0.15) is 16.5 Å². The molecule has 4 heteroatoms. The molecule has 1 aromatic carbocycles. The van der Waals surface area contributed by atoms with Crippen LogP contribution in [0, 0.1) is 0 Å². The van der Waals surface area contributed by atoms with Crippen molar-refractivity contribution in [1.82, 2.24) is 4.90 Å². The molecule has 0 aliphatic heterocycles. The first-order valence-electron chi connectivity index (χ1n) is 5.89. The number of benzene rings is 1. The van der Waals surface area contributed by atoms with E-state index in [0.29, 0.717) is 6.54 Å². The largest absolute Gasteiger partial charge is 0.329 e. The van der Waals surface area contributed by atoms with E-state index in [0.717, 1.165) is 11.0 Å². The molecule has 0 amide bonds. The Morgan fingerprint density at radius 1 is 1.33 bits per heavy atom. The molecule has 0 aliphatic rings. The Bertz CT molecular complexity index is 484. The number of nitrogens with zero attached hydrogens (tertiary/aromatic N) is 1. The van der Waals surface area contributed by atoms with Gasteiger partial charge in [-0.15, -0.1) is 11.3 Å². The molecular weight excluding hydrogens is 308 g/mol. The molecule has 96 valence electrons. The van der Waals surface area contributed by atoms with Crippen molar-refractivity contribution in [2.45, 2.75) is 12.6 Å². The van der Waals surface area contributed by atoms with Crippen molar-refractivity contribution >= 4 is 27.3 Å². The predicted octanol–water partition coefficient (Wildman–Crippen LogP) is 3.64. The van der Waals surface area contributed by atoms with Gasteiger partial charge in [-0.1, -0.05) is 30.3 Å². The third-order valence-electron chi connectivity index (χ3n) is 2.95. The molecular formula is C14H17BrN2S. The highest BCUT2D eigenvalue weighted by atomic mass is 79.9. The summed E-state index contributed by atoms with van der Waals surface area (Å²) >= 11 is 5.25. The smallest absolute Gasteiger partial charge is 0.0565 e. The fourth-order valence-corrected chi connectivity index (χ4v) is 3.62. The molecule has 1 aromatic heterocycles. The lowest BCUT2D eigenvalue weighted by Gasteiger charge is -2.26. The van der Waals surface area contributed by atoms with Crippen molar-refractivity contribution in [2.75, 3.05) is 13.6 Å². The van der Waals surface area contributed by atoms with Gasteiger partial charge in [-0.2, -0.15) is 0 Å². The molecule has 18 heavy (non-hydrogen) atoms. The van der Waals surface area contributed by atoms with Gasteiger partial charge in [0.05, 0.1) is 6.04 Å². The Hall–Kier alpha value is -0.680.